The predicted octanol–water partition coefficient (Wildman–Crippen LogP) is 3.56. The Bertz CT molecular complexity index is 1160. The number of amides is 1. The number of aryl methyl sites for hydroxylation is 1. The topological polar surface area (TPSA) is 64.0 Å². The number of aromatic nitrogens is 2. The van der Waals surface area contributed by atoms with Crippen LogP contribution in [-0.2, 0) is 11.3 Å². The second kappa shape index (κ2) is 6.14. The van der Waals surface area contributed by atoms with Gasteiger partial charge < -0.3 is 9.88 Å². The average molecular weight is 349 g/mol. The first kappa shape index (κ1) is 15.5. The zero-order valence-electron chi connectivity index (χ0n) is 13.5. The highest BCUT2D eigenvalue weighted by Crippen LogP contribution is 2.27. The second-order valence-electron chi connectivity index (χ2n) is 5.81. The van der Waals surface area contributed by atoms with E-state index < -0.39 is 0 Å². The molecule has 2 aromatic heterocycles. The molecule has 1 N–H and O–H groups in total. The smallest absolute Gasteiger partial charge is 0.246 e. The molecular formula is C19H15N3O2S. The Morgan fingerprint density at radius 1 is 1.16 bits per heavy atom. The van der Waals surface area contributed by atoms with Gasteiger partial charge in [0.15, 0.2) is 10.6 Å². The first-order chi connectivity index (χ1) is 12.1. The maximum atomic E-state index is 12.4. The summed E-state index contributed by atoms with van der Waals surface area (Å²) in [6, 6.07) is 14.7. The van der Waals surface area contributed by atoms with Crippen LogP contribution in [-0.4, -0.2) is 15.5 Å². The van der Waals surface area contributed by atoms with Crippen molar-refractivity contribution in [1.82, 2.24) is 9.55 Å². The molecule has 0 saturated heterocycles. The molecule has 1 amide bonds. The minimum atomic E-state index is -0.175. The lowest BCUT2D eigenvalue weighted by Crippen LogP contribution is -2.20. The van der Waals surface area contributed by atoms with Gasteiger partial charge in [0, 0.05) is 17.6 Å². The van der Waals surface area contributed by atoms with Crippen LogP contribution < -0.4 is 10.7 Å². The number of pyridine rings is 1. The monoisotopic (exact) mass is 349 g/mol. The fraction of sp³-hybridized carbons (Fsp3) is 0.105. The Morgan fingerprint density at radius 2 is 2.00 bits per heavy atom. The molecule has 0 aliphatic rings. The molecule has 2 heterocycles. The quantitative estimate of drug-likeness (QED) is 0.615. The number of nitrogens with zero attached hydrogens (tertiary/aromatic N) is 2. The lowest BCUT2D eigenvalue weighted by molar-refractivity contribution is -0.116. The van der Waals surface area contributed by atoms with Crippen molar-refractivity contribution in [3.8, 4) is 0 Å². The maximum Gasteiger partial charge on any atom is 0.246 e. The minimum absolute atomic E-state index is 0.0473. The van der Waals surface area contributed by atoms with E-state index in [-0.39, 0.29) is 17.9 Å². The van der Waals surface area contributed by atoms with Crippen LogP contribution in [0.4, 0.5) is 5.13 Å². The Hall–Kier alpha value is -2.99. The second-order valence-corrected chi connectivity index (χ2v) is 6.84. The van der Waals surface area contributed by atoms with E-state index in [9.17, 15) is 9.59 Å². The summed E-state index contributed by atoms with van der Waals surface area (Å²) < 4.78 is 2.81. The molecule has 124 valence electrons. The molecule has 0 spiro atoms. The number of benzene rings is 2. The predicted molar refractivity (Wildman–Crippen MR) is 101 cm³/mol. The van der Waals surface area contributed by atoms with Crippen molar-refractivity contribution >= 4 is 43.5 Å². The Labute approximate surface area is 147 Å². The van der Waals surface area contributed by atoms with Gasteiger partial charge in [-0.1, -0.05) is 35.6 Å². The summed E-state index contributed by atoms with van der Waals surface area (Å²) in [5, 5.41) is 4.04. The number of carbonyl (C=O) groups is 1. The number of fused-ring (bicyclic) bond motifs is 2. The zero-order valence-corrected chi connectivity index (χ0v) is 14.3. The van der Waals surface area contributed by atoms with Crippen LogP contribution in [0, 0.1) is 6.92 Å². The Morgan fingerprint density at radius 3 is 2.84 bits per heavy atom. The molecule has 25 heavy (non-hydrogen) atoms. The SMILES string of the molecule is Cc1cccc2sc(NC(=O)Cn3ccc(=O)c4ccccc43)nc12. The van der Waals surface area contributed by atoms with E-state index in [1.807, 2.05) is 43.3 Å². The van der Waals surface area contributed by atoms with Crippen molar-refractivity contribution in [3.05, 3.63) is 70.5 Å². The van der Waals surface area contributed by atoms with E-state index in [1.54, 1.807) is 16.8 Å². The largest absolute Gasteiger partial charge is 0.338 e. The van der Waals surface area contributed by atoms with Gasteiger partial charge in [-0.2, -0.15) is 0 Å². The first-order valence-corrected chi connectivity index (χ1v) is 8.68. The number of anilines is 1. The van der Waals surface area contributed by atoms with Crippen molar-refractivity contribution < 1.29 is 4.79 Å². The van der Waals surface area contributed by atoms with Crippen molar-refractivity contribution in [2.45, 2.75) is 13.5 Å². The molecule has 0 atom stereocenters. The van der Waals surface area contributed by atoms with E-state index >= 15 is 0 Å². The molecule has 0 fully saturated rings. The summed E-state index contributed by atoms with van der Waals surface area (Å²) in [6.45, 7) is 2.12. The van der Waals surface area contributed by atoms with Gasteiger partial charge >= 0.3 is 0 Å². The van der Waals surface area contributed by atoms with Crippen LogP contribution in [0.25, 0.3) is 21.1 Å². The van der Waals surface area contributed by atoms with Gasteiger partial charge in [0.1, 0.15) is 6.54 Å². The highest BCUT2D eigenvalue weighted by molar-refractivity contribution is 7.22. The summed E-state index contributed by atoms with van der Waals surface area (Å²) >= 11 is 1.45. The molecular weight excluding hydrogens is 334 g/mol. The van der Waals surface area contributed by atoms with Gasteiger partial charge in [-0.05, 0) is 30.7 Å². The van der Waals surface area contributed by atoms with E-state index in [4.69, 9.17) is 0 Å². The lowest BCUT2D eigenvalue weighted by Gasteiger charge is -2.09. The van der Waals surface area contributed by atoms with Crippen LogP contribution in [0.15, 0.2) is 59.5 Å². The number of thiazole rings is 1. The van der Waals surface area contributed by atoms with Crippen LogP contribution in [0.5, 0.6) is 0 Å². The summed E-state index contributed by atoms with van der Waals surface area (Å²) in [5.74, 6) is -0.175. The van der Waals surface area contributed by atoms with E-state index in [1.165, 1.54) is 17.4 Å². The fourth-order valence-electron chi connectivity index (χ4n) is 2.85. The third kappa shape index (κ3) is 2.92. The van der Waals surface area contributed by atoms with Crippen molar-refractivity contribution in [3.63, 3.8) is 0 Å². The van der Waals surface area contributed by atoms with Gasteiger partial charge in [-0.25, -0.2) is 4.98 Å². The van der Waals surface area contributed by atoms with Crippen molar-refractivity contribution in [2.24, 2.45) is 0 Å². The highest BCUT2D eigenvalue weighted by Gasteiger charge is 2.11. The van der Waals surface area contributed by atoms with Crippen LogP contribution in [0.2, 0.25) is 0 Å². The van der Waals surface area contributed by atoms with Gasteiger partial charge in [0.2, 0.25) is 5.91 Å². The number of hydrogen-bond acceptors (Lipinski definition) is 4. The van der Waals surface area contributed by atoms with Gasteiger partial charge in [0.25, 0.3) is 0 Å². The summed E-state index contributed by atoms with van der Waals surface area (Å²) in [7, 11) is 0. The fourth-order valence-corrected chi connectivity index (χ4v) is 3.81. The normalized spacial score (nSPS) is 11.1. The van der Waals surface area contributed by atoms with Gasteiger partial charge in [0.05, 0.1) is 15.7 Å². The minimum Gasteiger partial charge on any atom is -0.338 e. The molecule has 4 aromatic rings. The summed E-state index contributed by atoms with van der Waals surface area (Å²) in [5.41, 5.74) is 2.69. The number of hydrogen-bond donors (Lipinski definition) is 1. The highest BCUT2D eigenvalue weighted by atomic mass is 32.1. The molecule has 6 heteroatoms. The molecule has 0 saturated carbocycles. The Balaban J connectivity index is 1.61. The summed E-state index contributed by atoms with van der Waals surface area (Å²) in [6.07, 6.45) is 1.65. The third-order valence-electron chi connectivity index (χ3n) is 4.07. The van der Waals surface area contributed by atoms with Gasteiger partial charge in [-0.15, -0.1) is 0 Å². The summed E-state index contributed by atoms with van der Waals surface area (Å²) in [4.78, 5) is 28.8. The molecule has 0 aliphatic heterocycles. The number of para-hydroxylation sites is 2. The molecule has 0 radical (unpaired) electrons. The van der Waals surface area contributed by atoms with E-state index in [0.29, 0.717) is 10.5 Å². The zero-order chi connectivity index (χ0) is 17.4. The van der Waals surface area contributed by atoms with E-state index in [2.05, 4.69) is 10.3 Å². The molecule has 4 rings (SSSR count). The van der Waals surface area contributed by atoms with Crippen molar-refractivity contribution in [1.29, 1.82) is 0 Å². The van der Waals surface area contributed by atoms with Gasteiger partial charge in [-0.3, -0.25) is 9.59 Å². The number of carbonyl (C=O) groups excluding carboxylic acids is 1. The van der Waals surface area contributed by atoms with E-state index in [0.717, 1.165) is 21.3 Å². The standard InChI is InChI=1S/C19H15N3O2S/c1-12-5-4-8-16-18(12)21-19(25-16)20-17(24)11-22-10-9-15(23)13-6-2-3-7-14(13)22/h2-10H,11H2,1H3,(H,20,21,24). The molecule has 0 bridgehead atoms. The molecule has 0 unspecified atom stereocenters. The van der Waals surface area contributed by atoms with Crippen molar-refractivity contribution in [2.75, 3.05) is 5.32 Å². The molecule has 0 aliphatic carbocycles. The third-order valence-corrected chi connectivity index (χ3v) is 5.00. The molecule has 2 aromatic carbocycles. The van der Waals surface area contributed by atoms with Crippen LogP contribution in [0.1, 0.15) is 5.56 Å². The lowest BCUT2D eigenvalue weighted by atomic mass is 10.2. The first-order valence-electron chi connectivity index (χ1n) is 7.86. The number of nitrogens with one attached hydrogen (secondary N) is 1. The van der Waals surface area contributed by atoms with Crippen LogP contribution in [0.3, 0.4) is 0 Å². The maximum absolute atomic E-state index is 12.4. The van der Waals surface area contributed by atoms with Crippen LogP contribution >= 0.6 is 11.3 Å². The number of rotatable bonds is 3. The molecule has 5 nitrogen and oxygen atoms in total. The average Bonchev–Trinajstić information content (AvgIpc) is 3.01. The Kier molecular flexibility index (Phi) is 3.82.